The maximum Gasteiger partial charge on any atom is 0.178 e. The molecule has 4 rings (SSSR count). The number of rotatable bonds is 6. The van der Waals surface area contributed by atoms with E-state index in [1.165, 1.54) is 0 Å². The predicted octanol–water partition coefficient (Wildman–Crippen LogP) is 5.65. The molecular weight excluding hydrogens is 404 g/mol. The van der Waals surface area contributed by atoms with E-state index in [1.807, 2.05) is 60.7 Å². The quantitative estimate of drug-likeness (QED) is 0.436. The average Bonchev–Trinajstić information content (AvgIpc) is 2.74. The molecule has 0 aliphatic carbocycles. The van der Waals surface area contributed by atoms with Crippen LogP contribution in [0.15, 0.2) is 90.0 Å². The van der Waals surface area contributed by atoms with Crippen molar-refractivity contribution >= 4 is 43.7 Å². The summed E-state index contributed by atoms with van der Waals surface area (Å²) in [6, 6.07) is 23.9. The number of benzene rings is 3. The molecule has 4 nitrogen and oxygen atoms in total. The minimum atomic E-state index is -3.40. The van der Waals surface area contributed by atoms with Gasteiger partial charge in [-0.3, -0.25) is 0 Å². The Balaban J connectivity index is 1.58. The van der Waals surface area contributed by atoms with Crippen LogP contribution in [-0.2, 0) is 16.3 Å². The molecule has 0 aliphatic heterocycles. The number of anilines is 2. The predicted molar refractivity (Wildman–Crippen MR) is 119 cm³/mol. The topological polar surface area (TPSA) is 59.1 Å². The first-order chi connectivity index (χ1) is 14.0. The lowest BCUT2D eigenvalue weighted by Crippen LogP contribution is -2.09. The summed E-state index contributed by atoms with van der Waals surface area (Å²) in [6.45, 7) is 0. The van der Waals surface area contributed by atoms with Gasteiger partial charge in [-0.15, -0.1) is 0 Å². The zero-order valence-corrected chi connectivity index (χ0v) is 17.1. The number of hydrogen-bond acceptors (Lipinski definition) is 4. The minimum absolute atomic E-state index is 0.0581. The molecule has 0 radical (unpaired) electrons. The van der Waals surface area contributed by atoms with Gasteiger partial charge in [0, 0.05) is 22.3 Å². The van der Waals surface area contributed by atoms with E-state index in [9.17, 15) is 8.42 Å². The number of aromatic nitrogens is 1. The Labute approximate surface area is 175 Å². The fraction of sp³-hybridized carbons (Fsp3) is 0.0870. The molecule has 0 saturated heterocycles. The van der Waals surface area contributed by atoms with Gasteiger partial charge in [-0.05, 0) is 53.8 Å². The number of halogens is 1. The largest absolute Gasteiger partial charge is 0.340 e. The SMILES string of the molecule is O=S(=O)(CCc1ccccc1)c1cccc(Nc2nccc3ccc(Cl)cc23)c1. The van der Waals surface area contributed by atoms with Crippen LogP contribution in [0, 0.1) is 0 Å². The first-order valence-corrected chi connectivity index (χ1v) is 11.2. The lowest BCUT2D eigenvalue weighted by Gasteiger charge is -2.11. The van der Waals surface area contributed by atoms with Crippen LogP contribution in [0.2, 0.25) is 5.02 Å². The zero-order valence-electron chi connectivity index (χ0n) is 15.5. The molecule has 1 heterocycles. The Hall–Kier alpha value is -2.89. The highest BCUT2D eigenvalue weighted by molar-refractivity contribution is 7.91. The van der Waals surface area contributed by atoms with E-state index < -0.39 is 9.84 Å². The standard InChI is InChI=1S/C23H19ClN2O2S/c24-19-10-9-18-11-13-25-23(22(18)15-19)26-20-7-4-8-21(16-20)29(27,28)14-12-17-5-2-1-3-6-17/h1-11,13,15-16H,12,14H2,(H,25,26). The Bertz CT molecular complexity index is 1260. The summed E-state index contributed by atoms with van der Waals surface area (Å²) in [4.78, 5) is 4.68. The molecule has 3 aromatic carbocycles. The molecule has 0 saturated carbocycles. The lowest BCUT2D eigenvalue weighted by atomic mass is 10.1. The van der Waals surface area contributed by atoms with Crippen molar-refractivity contribution in [3.05, 3.63) is 95.6 Å². The Morgan fingerprint density at radius 1 is 0.897 bits per heavy atom. The number of sulfone groups is 1. The van der Waals surface area contributed by atoms with Gasteiger partial charge in [-0.2, -0.15) is 0 Å². The highest BCUT2D eigenvalue weighted by Crippen LogP contribution is 2.28. The van der Waals surface area contributed by atoms with E-state index in [2.05, 4.69) is 10.3 Å². The Morgan fingerprint density at radius 3 is 2.55 bits per heavy atom. The Kier molecular flexibility index (Phi) is 5.51. The van der Waals surface area contributed by atoms with Crippen LogP contribution >= 0.6 is 11.6 Å². The van der Waals surface area contributed by atoms with Crippen molar-refractivity contribution in [3.8, 4) is 0 Å². The molecule has 6 heteroatoms. The summed E-state index contributed by atoms with van der Waals surface area (Å²) in [5.74, 6) is 0.687. The van der Waals surface area contributed by atoms with Crippen LogP contribution in [0.3, 0.4) is 0 Å². The second-order valence-corrected chi connectivity index (χ2v) is 9.28. The number of hydrogen-bond donors (Lipinski definition) is 1. The average molecular weight is 423 g/mol. The van der Waals surface area contributed by atoms with Crippen molar-refractivity contribution in [1.29, 1.82) is 0 Å². The summed E-state index contributed by atoms with van der Waals surface area (Å²) < 4.78 is 25.6. The van der Waals surface area contributed by atoms with Gasteiger partial charge in [0.15, 0.2) is 9.84 Å². The van der Waals surface area contributed by atoms with Gasteiger partial charge in [0.05, 0.1) is 10.6 Å². The Morgan fingerprint density at radius 2 is 1.72 bits per heavy atom. The third-order valence-electron chi connectivity index (χ3n) is 4.69. The monoisotopic (exact) mass is 422 g/mol. The molecule has 0 bridgehead atoms. The summed E-state index contributed by atoms with van der Waals surface area (Å²) in [5, 5.41) is 5.71. The molecule has 146 valence electrons. The van der Waals surface area contributed by atoms with E-state index in [0.29, 0.717) is 22.9 Å². The molecule has 0 unspecified atom stereocenters. The summed E-state index contributed by atoms with van der Waals surface area (Å²) in [7, 11) is -3.40. The second kappa shape index (κ2) is 8.23. The molecule has 0 fully saturated rings. The number of aryl methyl sites for hydroxylation is 1. The van der Waals surface area contributed by atoms with Gasteiger partial charge in [-0.1, -0.05) is 54.1 Å². The van der Waals surface area contributed by atoms with Crippen molar-refractivity contribution in [1.82, 2.24) is 4.98 Å². The summed E-state index contributed by atoms with van der Waals surface area (Å²) >= 11 is 6.13. The molecular formula is C23H19ClN2O2S. The van der Waals surface area contributed by atoms with Gasteiger partial charge in [0.2, 0.25) is 0 Å². The second-order valence-electron chi connectivity index (χ2n) is 6.73. The normalized spacial score (nSPS) is 11.5. The molecule has 0 atom stereocenters. The molecule has 0 aliphatic rings. The van der Waals surface area contributed by atoms with Crippen LogP contribution in [-0.4, -0.2) is 19.2 Å². The maximum atomic E-state index is 12.8. The van der Waals surface area contributed by atoms with Gasteiger partial charge in [0.1, 0.15) is 5.82 Å². The third-order valence-corrected chi connectivity index (χ3v) is 6.64. The molecule has 1 N–H and O–H groups in total. The summed E-state index contributed by atoms with van der Waals surface area (Å²) in [5.41, 5.74) is 1.66. The van der Waals surface area contributed by atoms with Gasteiger partial charge in [-0.25, -0.2) is 13.4 Å². The van der Waals surface area contributed by atoms with E-state index in [-0.39, 0.29) is 10.6 Å². The highest BCUT2D eigenvalue weighted by atomic mass is 35.5. The molecule has 1 aromatic heterocycles. The van der Waals surface area contributed by atoms with Crippen LogP contribution < -0.4 is 5.32 Å². The van der Waals surface area contributed by atoms with E-state index in [4.69, 9.17) is 11.6 Å². The van der Waals surface area contributed by atoms with E-state index in [0.717, 1.165) is 16.3 Å². The third kappa shape index (κ3) is 4.58. The lowest BCUT2D eigenvalue weighted by molar-refractivity contribution is 0.595. The van der Waals surface area contributed by atoms with Crippen LogP contribution in [0.5, 0.6) is 0 Å². The first kappa shape index (κ1) is 19.4. The maximum absolute atomic E-state index is 12.8. The van der Waals surface area contributed by atoms with Crippen molar-refractivity contribution in [3.63, 3.8) is 0 Å². The van der Waals surface area contributed by atoms with Crippen molar-refractivity contribution in [2.45, 2.75) is 11.3 Å². The number of nitrogens with one attached hydrogen (secondary N) is 1. The fourth-order valence-electron chi connectivity index (χ4n) is 3.16. The molecule has 29 heavy (non-hydrogen) atoms. The molecule has 0 amide bonds. The van der Waals surface area contributed by atoms with E-state index in [1.54, 1.807) is 24.4 Å². The van der Waals surface area contributed by atoms with Crippen molar-refractivity contribution in [2.24, 2.45) is 0 Å². The minimum Gasteiger partial charge on any atom is -0.340 e. The van der Waals surface area contributed by atoms with Crippen molar-refractivity contribution in [2.75, 3.05) is 11.1 Å². The van der Waals surface area contributed by atoms with Gasteiger partial charge in [0.25, 0.3) is 0 Å². The fourth-order valence-corrected chi connectivity index (χ4v) is 4.66. The first-order valence-electron chi connectivity index (χ1n) is 9.19. The smallest absolute Gasteiger partial charge is 0.178 e. The summed E-state index contributed by atoms with van der Waals surface area (Å²) in [6.07, 6.45) is 2.18. The van der Waals surface area contributed by atoms with Gasteiger partial charge < -0.3 is 5.32 Å². The molecule has 0 spiro atoms. The number of fused-ring (bicyclic) bond motifs is 1. The van der Waals surface area contributed by atoms with E-state index >= 15 is 0 Å². The number of pyridine rings is 1. The van der Waals surface area contributed by atoms with Gasteiger partial charge >= 0.3 is 0 Å². The van der Waals surface area contributed by atoms with Crippen molar-refractivity contribution < 1.29 is 8.42 Å². The van der Waals surface area contributed by atoms with Crippen LogP contribution in [0.4, 0.5) is 11.5 Å². The van der Waals surface area contributed by atoms with Crippen LogP contribution in [0.1, 0.15) is 5.56 Å². The molecule has 4 aromatic rings. The number of nitrogens with zero attached hydrogens (tertiary/aromatic N) is 1. The highest BCUT2D eigenvalue weighted by Gasteiger charge is 2.15. The van der Waals surface area contributed by atoms with Crippen LogP contribution in [0.25, 0.3) is 10.8 Å². The zero-order chi connectivity index (χ0) is 20.3.